The summed E-state index contributed by atoms with van der Waals surface area (Å²) in [5, 5.41) is -61.3. The van der Waals surface area contributed by atoms with E-state index in [1.165, 1.54) is 0 Å². The summed E-state index contributed by atoms with van der Waals surface area (Å²) in [5.74, 6) is 0. The molecule has 0 bridgehead atoms. The SMILES string of the molecule is S=S(S)S(=S)(=S)S(=S)(=S)S(=S)(=S)S(=S)(=S)S(=S)(=S)S(=S)(=S)S(=S)(=S)S(=S)(=S)S(=S)(=S)S(=S)(=S)S(=S)(=S)S(=S)(=S)S(=S)(=S)S(=S)(=S)S(=S)(=S)S(=S)(=S)S(=S)(=S)S(=S)(=S)I. The van der Waals surface area contributed by atoms with E-state index in [0.29, 0.717) is 0 Å². The first-order valence-corrected chi connectivity index (χ1v) is 87.2. The first-order valence-electron chi connectivity index (χ1n) is 9.50. The minimum atomic E-state index is -3.86. The third kappa shape index (κ3) is 11.8. The molecule has 58 heavy (non-hydrogen) atoms. The molecule has 1 atom stereocenters. The molecule has 0 spiro atoms. The van der Waals surface area contributed by atoms with E-state index in [4.69, 9.17) is 414 Å². The number of hydrogen-bond acceptors (Lipinski definition) is 37. The van der Waals surface area contributed by atoms with Crippen LogP contribution < -0.4 is 0 Å². The minimum absolute atomic E-state index is 1.40. The predicted octanol–water partition coefficient (Wildman–Crippen LogP) is 1.13. The molecule has 350 valence electrons. The number of rotatable bonds is 18. The normalized spacial score (nSPS) is 17.2. The lowest BCUT2D eigenvalue weighted by Crippen LogP contribution is -2.40. The summed E-state index contributed by atoms with van der Waals surface area (Å²) in [6.07, 6.45) is 0. The first-order chi connectivity index (χ1) is 24.2. The van der Waals surface area contributed by atoms with E-state index < -0.39 is 99.5 Å². The molecular formula is HIS57. The lowest BCUT2D eigenvalue weighted by molar-refractivity contribution is 4.97. The van der Waals surface area contributed by atoms with Crippen molar-refractivity contribution in [2.45, 2.75) is 0 Å². The smallest absolute Gasteiger partial charge is 0.0451 e. The van der Waals surface area contributed by atoms with Gasteiger partial charge in [0.25, 0.3) is 0 Å². The van der Waals surface area contributed by atoms with E-state index in [0.717, 1.165) is 0 Å². The van der Waals surface area contributed by atoms with Crippen molar-refractivity contribution in [3.8, 4) is 0 Å². The van der Waals surface area contributed by atoms with Crippen LogP contribution >= 0.6 is 32.9 Å². The van der Waals surface area contributed by atoms with Gasteiger partial charge >= 0.3 is 0 Å². The van der Waals surface area contributed by atoms with Gasteiger partial charge in [-0.1, -0.05) is 11.7 Å². The van der Waals surface area contributed by atoms with Crippen molar-refractivity contribution in [1.82, 2.24) is 0 Å². The molecule has 0 aliphatic rings. The molecule has 0 aliphatic carbocycles. The Morgan fingerprint density at radius 2 is 0.328 bits per heavy atom. The van der Waals surface area contributed by atoms with Crippen molar-refractivity contribution in [3.63, 3.8) is 0 Å². The molecule has 58 heteroatoms. The summed E-state index contributed by atoms with van der Waals surface area (Å²) >= 11 is 224. The summed E-state index contributed by atoms with van der Waals surface area (Å²) in [6, 6.07) is 0. The van der Waals surface area contributed by atoms with Crippen LogP contribution in [0.15, 0.2) is 0 Å². The summed E-state index contributed by atoms with van der Waals surface area (Å²) in [7, 11) is -1.40. The monoisotopic (exact) mass is 1950 g/mol. The molecule has 0 fully saturated rings. The molecule has 0 aromatic rings. The maximum atomic E-state index is 6.06. The van der Waals surface area contributed by atoms with Crippen LogP contribution in [0.2, 0.25) is 0 Å². The zero-order valence-electron chi connectivity index (χ0n) is 23.7. The Kier molecular flexibility index (Phi) is 29.8. The van der Waals surface area contributed by atoms with Crippen LogP contribution in [-0.2, 0) is 513 Å². The van der Waals surface area contributed by atoms with Crippen LogP contribution in [0.25, 0.3) is 0 Å². The standard InChI is InChI=1S/HIS57/c1-41(4,5)43(8,9)45(12,13)47(16,17)49(20,21)51(24,25)53(28,29)55(32,33)57(36,37)58(38,39)56(34,35)54(30,31)52(26,27)50(22,23)48(18,19)46(14,15)44(10,11)42(6,7)40(2)3/h(H,2,3). The van der Waals surface area contributed by atoms with Gasteiger partial charge in [0.15, 0.2) is 0 Å². The van der Waals surface area contributed by atoms with E-state index in [1.807, 2.05) is 0 Å². The predicted molar refractivity (Wildman–Crippen MR) is 435 cm³/mol. The molecular weight excluding hydrogens is 1950 g/mol. The van der Waals surface area contributed by atoms with E-state index in [2.05, 4.69) is 11.7 Å². The highest BCUT2D eigenvalue weighted by Crippen LogP contribution is 2.43. The molecule has 0 aromatic heterocycles. The summed E-state index contributed by atoms with van der Waals surface area (Å²) < 4.78 is -2.66. The van der Waals surface area contributed by atoms with Crippen molar-refractivity contribution in [1.29, 1.82) is 0 Å². The van der Waals surface area contributed by atoms with Gasteiger partial charge in [0, 0.05) is 121 Å². The van der Waals surface area contributed by atoms with Crippen molar-refractivity contribution in [3.05, 3.63) is 0 Å². The molecule has 0 saturated carbocycles. The van der Waals surface area contributed by atoms with E-state index in [9.17, 15) is 0 Å². The second-order valence-electron chi connectivity index (χ2n) is 7.55. The quantitative estimate of drug-likeness (QED) is 0.0903. The largest absolute Gasteiger partial charge is 0.0948 e. The molecule has 0 saturated heterocycles. The van der Waals surface area contributed by atoms with E-state index in [1.54, 1.807) is 21.2 Å². The van der Waals surface area contributed by atoms with Crippen LogP contribution in [0.5, 0.6) is 0 Å². The number of thiol groups is 1. The summed E-state index contributed by atoms with van der Waals surface area (Å²) in [5.41, 5.74) is 0. The van der Waals surface area contributed by atoms with Gasteiger partial charge in [-0.2, -0.15) is 0 Å². The zero-order valence-corrected chi connectivity index (χ0v) is 72.5. The van der Waals surface area contributed by atoms with Crippen LogP contribution in [-0.4, -0.2) is 0 Å². The van der Waals surface area contributed by atoms with Crippen molar-refractivity contribution < 1.29 is 0 Å². The van der Waals surface area contributed by atoms with Crippen LogP contribution in [0, 0.1) is 0 Å². The molecule has 0 N–H and O–H groups in total. The highest BCUT2D eigenvalue weighted by molar-refractivity contribution is 14.2. The fraction of sp³-hybridized carbons (Fsp3) is 0. The fourth-order valence-electron chi connectivity index (χ4n) is 1.70. The second-order valence-corrected chi connectivity index (χ2v) is 210. The molecule has 0 heterocycles. The third-order valence-electron chi connectivity index (χ3n) is 4.42. The minimum Gasteiger partial charge on any atom is -0.0948 e. The van der Waals surface area contributed by atoms with E-state index >= 15 is 0 Å². The molecule has 0 rings (SSSR count). The highest BCUT2D eigenvalue weighted by Gasteiger charge is 2.46. The van der Waals surface area contributed by atoms with Crippen LogP contribution in [0.1, 0.15) is 0 Å². The highest BCUT2D eigenvalue weighted by atomic mass is 127. The molecule has 0 aliphatic heterocycles. The van der Waals surface area contributed by atoms with Gasteiger partial charge in [0.05, 0.1) is 0 Å². The van der Waals surface area contributed by atoms with Gasteiger partial charge < -0.3 is 0 Å². The molecule has 0 radical (unpaired) electrons. The van der Waals surface area contributed by atoms with Gasteiger partial charge in [0.2, 0.25) is 0 Å². The maximum absolute atomic E-state index is 6.06. The van der Waals surface area contributed by atoms with Crippen LogP contribution in [0.3, 0.4) is 0 Å². The van der Waals surface area contributed by atoms with E-state index in [-0.39, 0.29) is 0 Å². The summed E-state index contributed by atoms with van der Waals surface area (Å²) in [6.45, 7) is 0. The van der Waals surface area contributed by atoms with Crippen molar-refractivity contribution >= 4 is 546 Å². The topological polar surface area (TPSA) is 0 Å². The molecule has 0 aromatic carbocycles. The number of halogens is 1. The average Bonchev–Trinajstić information content (AvgIpc) is 2.98. The lowest BCUT2D eigenvalue weighted by Gasteiger charge is -2.36. The Morgan fingerprint density at radius 3 is 0.431 bits per heavy atom. The maximum Gasteiger partial charge on any atom is 0.0451 e. The first kappa shape index (κ1) is 73.9. The van der Waals surface area contributed by atoms with Crippen molar-refractivity contribution in [2.75, 3.05) is 0 Å². The van der Waals surface area contributed by atoms with Gasteiger partial charge in [-0.05, 0) is 414 Å². The third-order valence-corrected chi connectivity index (χ3v) is 366. The Balaban J connectivity index is 8.46. The lowest BCUT2D eigenvalue weighted by atomic mass is 29.7. The Morgan fingerprint density at radius 1 is 0.224 bits per heavy atom. The zero-order chi connectivity index (χ0) is 48.6. The summed E-state index contributed by atoms with van der Waals surface area (Å²) in [4.78, 5) is 0. The Labute approximate surface area is 530 Å². The van der Waals surface area contributed by atoms with Gasteiger partial charge in [-0.3, -0.25) is 0 Å². The van der Waals surface area contributed by atoms with Gasteiger partial charge in [-0.15, -0.1) is 0 Å². The van der Waals surface area contributed by atoms with Crippen molar-refractivity contribution in [2.24, 2.45) is 0 Å². The number of hydrogen-bond donors (Lipinski definition) is 1. The Hall–Kier alpha value is 15.9. The molecule has 0 nitrogen and oxygen atoms in total. The second kappa shape index (κ2) is 23.4. The fourth-order valence-corrected chi connectivity index (χ4v) is 423. The van der Waals surface area contributed by atoms with Crippen LogP contribution in [0.4, 0.5) is 0 Å². The Bertz CT molecular complexity index is 4010. The molecule has 1 unspecified atom stereocenters. The molecule has 0 amide bonds. The van der Waals surface area contributed by atoms with Gasteiger partial charge in [0.1, 0.15) is 0 Å². The van der Waals surface area contributed by atoms with Gasteiger partial charge in [-0.25, -0.2) is 0 Å². The average molecular weight is 1960 g/mol.